The van der Waals surface area contributed by atoms with Crippen LogP contribution in [0.4, 0.5) is 0 Å². The van der Waals surface area contributed by atoms with E-state index in [1.807, 2.05) is 13.8 Å². The molecular weight excluding hydrogens is 522 g/mol. The Labute approximate surface area is 222 Å². The van der Waals surface area contributed by atoms with Crippen LogP contribution < -0.4 is 5.73 Å². The molecule has 0 aliphatic carbocycles. The van der Waals surface area contributed by atoms with Crippen LogP contribution in [0.25, 0.3) is 0 Å². The van der Waals surface area contributed by atoms with Gasteiger partial charge in [-0.3, -0.25) is 18.8 Å². The molecule has 2 rings (SSSR count). The lowest BCUT2D eigenvalue weighted by Crippen LogP contribution is -2.51. The largest absolute Gasteiger partial charge is 0.370 e. The minimum absolute atomic E-state index is 0.0283. The minimum atomic E-state index is -3.52. The van der Waals surface area contributed by atoms with Crippen LogP contribution in [-0.2, 0) is 32.4 Å². The fourth-order valence-electron chi connectivity index (χ4n) is 4.56. The average Bonchev–Trinajstić information content (AvgIpc) is 2.79. The summed E-state index contributed by atoms with van der Waals surface area (Å²) in [5.41, 5.74) is 5.29. The molecule has 2 aliphatic rings. The molecule has 2 fully saturated rings. The number of hydrogen-bond acceptors (Lipinski definition) is 8. The molecule has 0 radical (unpaired) electrons. The van der Waals surface area contributed by atoms with Gasteiger partial charge in [0.1, 0.15) is 0 Å². The van der Waals surface area contributed by atoms with E-state index in [0.29, 0.717) is 19.1 Å². The number of ether oxygens (including phenoxy) is 2. The molecule has 37 heavy (non-hydrogen) atoms. The molecule has 6 atom stereocenters. The van der Waals surface area contributed by atoms with Gasteiger partial charge in [-0.05, 0) is 62.9 Å². The zero-order chi connectivity index (χ0) is 28.1. The molecule has 0 aromatic rings. The van der Waals surface area contributed by atoms with Crippen LogP contribution in [0, 0.1) is 0 Å². The molecule has 15 heteroatoms. The molecule has 13 nitrogen and oxygen atoms in total. The van der Waals surface area contributed by atoms with Crippen molar-refractivity contribution in [2.24, 2.45) is 5.73 Å². The van der Waals surface area contributed by atoms with Gasteiger partial charge >= 0.3 is 15.3 Å². The van der Waals surface area contributed by atoms with Crippen LogP contribution in [0.15, 0.2) is 0 Å². The Hall–Kier alpha value is -0.430. The summed E-state index contributed by atoms with van der Waals surface area (Å²) in [6.45, 7) is 10.4. The molecule has 0 saturated carbocycles. The van der Waals surface area contributed by atoms with Gasteiger partial charge < -0.3 is 24.3 Å². The van der Waals surface area contributed by atoms with Gasteiger partial charge in [0.05, 0.1) is 44.2 Å². The SMILES string of the molecule is CC1CN(C(C)C)CC(COP(=O)(N(C)C)N2CC(C)OC(COP(=O)(N(C)C)N(C)CC(N)=O)C2)O1. The molecule has 6 unspecified atom stereocenters. The van der Waals surface area contributed by atoms with E-state index in [4.69, 9.17) is 24.3 Å². The maximum atomic E-state index is 14.2. The molecule has 2 N–H and O–H groups in total. The highest BCUT2D eigenvalue weighted by Crippen LogP contribution is 2.55. The Balaban J connectivity index is 2.10. The third-order valence-electron chi connectivity index (χ3n) is 6.43. The van der Waals surface area contributed by atoms with Crippen LogP contribution in [0.2, 0.25) is 0 Å². The van der Waals surface area contributed by atoms with E-state index in [0.717, 1.165) is 6.54 Å². The number of primary amides is 1. The summed E-state index contributed by atoms with van der Waals surface area (Å²) in [6.07, 6.45) is -0.903. The highest BCUT2D eigenvalue weighted by Gasteiger charge is 2.43. The summed E-state index contributed by atoms with van der Waals surface area (Å²) in [7, 11) is 1.27. The van der Waals surface area contributed by atoms with E-state index < -0.39 is 27.4 Å². The average molecular weight is 571 g/mol. The second kappa shape index (κ2) is 13.8. The predicted molar refractivity (Wildman–Crippen MR) is 143 cm³/mol. The molecular formula is C22H48N6O7P2. The lowest BCUT2D eigenvalue weighted by molar-refractivity contribution is -0.118. The van der Waals surface area contributed by atoms with E-state index in [2.05, 4.69) is 18.7 Å². The number of likely N-dealkylation sites (N-methyl/N-ethyl adjacent to an activating group) is 1. The van der Waals surface area contributed by atoms with E-state index in [-0.39, 0.29) is 44.6 Å². The van der Waals surface area contributed by atoms with Crippen molar-refractivity contribution in [2.75, 3.05) is 81.2 Å². The van der Waals surface area contributed by atoms with E-state index in [1.54, 1.807) is 37.5 Å². The Bertz CT molecular complexity index is 848. The first-order valence-corrected chi connectivity index (χ1v) is 15.8. The topological polar surface area (TPSA) is 130 Å². The first-order chi connectivity index (χ1) is 17.1. The second-order valence-electron chi connectivity index (χ2n) is 10.6. The maximum Gasteiger partial charge on any atom is 0.345 e. The Morgan fingerprint density at radius 1 is 0.919 bits per heavy atom. The maximum absolute atomic E-state index is 14.2. The Morgan fingerprint density at radius 3 is 1.97 bits per heavy atom. The van der Waals surface area contributed by atoms with Crippen LogP contribution in [-0.4, -0.2) is 141 Å². The number of rotatable bonds is 13. The molecule has 0 aromatic carbocycles. The highest BCUT2D eigenvalue weighted by atomic mass is 31.2. The lowest BCUT2D eigenvalue weighted by atomic mass is 10.2. The molecule has 2 heterocycles. The van der Waals surface area contributed by atoms with Gasteiger partial charge in [0.15, 0.2) is 0 Å². The van der Waals surface area contributed by atoms with E-state index in [1.165, 1.54) is 16.4 Å². The molecule has 0 aromatic heterocycles. The van der Waals surface area contributed by atoms with E-state index >= 15 is 0 Å². The quantitative estimate of drug-likeness (QED) is 0.321. The van der Waals surface area contributed by atoms with E-state index in [9.17, 15) is 13.9 Å². The molecule has 0 bridgehead atoms. The summed E-state index contributed by atoms with van der Waals surface area (Å²) in [5.74, 6) is -0.612. The zero-order valence-electron chi connectivity index (χ0n) is 23.9. The van der Waals surface area contributed by atoms with Crippen molar-refractivity contribution in [1.82, 2.24) is 23.6 Å². The number of carbonyl (C=O) groups is 1. The van der Waals surface area contributed by atoms with Crippen molar-refractivity contribution in [2.45, 2.75) is 58.2 Å². The lowest BCUT2D eigenvalue weighted by Gasteiger charge is -2.43. The van der Waals surface area contributed by atoms with Crippen LogP contribution in [0.3, 0.4) is 0 Å². The number of morpholine rings is 2. The number of nitrogens with two attached hydrogens (primary N) is 1. The van der Waals surface area contributed by atoms with Crippen molar-refractivity contribution in [3.63, 3.8) is 0 Å². The van der Waals surface area contributed by atoms with Crippen molar-refractivity contribution >= 4 is 21.2 Å². The molecule has 2 aliphatic heterocycles. The standard InChI is InChI=1S/C22H48N6O7P2/c1-17(2)27-10-18(3)34-20(12-27)15-33-37(31,25(7)8)28-11-19(4)35-21(13-28)16-32-36(30,24(5)6)26(9)14-22(23)29/h17-21H,10-16H2,1-9H3,(H2,23,29). The number of hydrogen-bond donors (Lipinski definition) is 1. The van der Waals surface area contributed by atoms with Crippen molar-refractivity contribution in [3.05, 3.63) is 0 Å². The first kappa shape index (κ1) is 32.8. The van der Waals surface area contributed by atoms with Crippen LogP contribution >= 0.6 is 15.3 Å². The fourth-order valence-corrected chi connectivity index (χ4v) is 8.36. The summed E-state index contributed by atoms with van der Waals surface area (Å²) in [4.78, 5) is 13.7. The van der Waals surface area contributed by atoms with Gasteiger partial charge in [-0.25, -0.2) is 18.7 Å². The van der Waals surface area contributed by atoms with Crippen molar-refractivity contribution in [3.8, 4) is 0 Å². The molecule has 0 spiro atoms. The van der Waals surface area contributed by atoms with Gasteiger partial charge in [0.2, 0.25) is 5.91 Å². The molecule has 2 saturated heterocycles. The fraction of sp³-hybridized carbons (Fsp3) is 0.955. The molecule has 218 valence electrons. The third-order valence-corrected chi connectivity index (χ3v) is 11.5. The Morgan fingerprint density at radius 2 is 1.46 bits per heavy atom. The van der Waals surface area contributed by atoms with Gasteiger partial charge in [-0.15, -0.1) is 0 Å². The number of amides is 1. The zero-order valence-corrected chi connectivity index (χ0v) is 25.7. The summed E-state index contributed by atoms with van der Waals surface area (Å²) in [6, 6.07) is 0.385. The highest BCUT2D eigenvalue weighted by molar-refractivity contribution is 7.54. The predicted octanol–water partition coefficient (Wildman–Crippen LogP) is 1.36. The van der Waals surface area contributed by atoms with Crippen molar-refractivity contribution < 1.29 is 32.4 Å². The minimum Gasteiger partial charge on any atom is -0.370 e. The molecule has 1 amide bonds. The summed E-state index contributed by atoms with van der Waals surface area (Å²) < 4.78 is 57.9. The van der Waals surface area contributed by atoms with Crippen LogP contribution in [0.1, 0.15) is 27.7 Å². The Kier molecular flexibility index (Phi) is 12.2. The third kappa shape index (κ3) is 8.78. The normalized spacial score (nSPS) is 29.6. The van der Waals surface area contributed by atoms with Gasteiger partial charge in [-0.1, -0.05) is 0 Å². The van der Waals surface area contributed by atoms with Crippen LogP contribution in [0.5, 0.6) is 0 Å². The first-order valence-electron chi connectivity index (χ1n) is 12.7. The monoisotopic (exact) mass is 570 g/mol. The van der Waals surface area contributed by atoms with Gasteiger partial charge in [0.25, 0.3) is 0 Å². The second-order valence-corrected chi connectivity index (χ2v) is 15.9. The summed E-state index contributed by atoms with van der Waals surface area (Å²) in [5, 5.41) is 0. The summed E-state index contributed by atoms with van der Waals surface area (Å²) >= 11 is 0. The number of carbonyl (C=O) groups excluding carboxylic acids is 1. The van der Waals surface area contributed by atoms with Gasteiger partial charge in [-0.2, -0.15) is 0 Å². The van der Waals surface area contributed by atoms with Gasteiger partial charge in [0, 0.05) is 32.2 Å². The number of nitrogens with zero attached hydrogens (tertiary/aromatic N) is 5. The van der Waals surface area contributed by atoms with Crippen molar-refractivity contribution in [1.29, 1.82) is 0 Å². The smallest absolute Gasteiger partial charge is 0.345 e.